The van der Waals surface area contributed by atoms with Crippen molar-refractivity contribution in [3.8, 4) is 5.75 Å². The number of nitrogen functional groups attached to an aromatic ring is 1. The normalized spacial score (nSPS) is 11.7. The molecule has 10 heteroatoms. The van der Waals surface area contributed by atoms with Crippen LogP contribution >= 0.6 is 11.5 Å². The van der Waals surface area contributed by atoms with Gasteiger partial charge in [-0.3, -0.25) is 14.4 Å². The molecule has 3 rings (SSSR count). The molecular formula is C26H31N5O4S. The monoisotopic (exact) mass is 509 g/mol. The summed E-state index contributed by atoms with van der Waals surface area (Å²) in [6.45, 7) is 4.73. The first-order valence-electron chi connectivity index (χ1n) is 11.5. The van der Waals surface area contributed by atoms with Crippen LogP contribution in [-0.4, -0.2) is 40.6 Å². The average Bonchev–Trinajstić information content (AvgIpc) is 3.25. The molecule has 3 amide bonds. The Hall–Kier alpha value is -3.92. The van der Waals surface area contributed by atoms with Crippen LogP contribution in [0.3, 0.4) is 0 Å². The maximum atomic E-state index is 13.9. The molecule has 0 aliphatic heterocycles. The Balaban J connectivity index is 2.08. The summed E-state index contributed by atoms with van der Waals surface area (Å²) in [5.74, 6) is -0.660. The van der Waals surface area contributed by atoms with Crippen molar-refractivity contribution in [3.63, 3.8) is 0 Å². The van der Waals surface area contributed by atoms with Gasteiger partial charge in [-0.25, -0.2) is 0 Å². The first kappa shape index (κ1) is 26.7. The third-order valence-corrected chi connectivity index (χ3v) is 6.48. The van der Waals surface area contributed by atoms with Crippen molar-refractivity contribution in [2.75, 3.05) is 19.4 Å². The number of nitrogens with one attached hydrogen (secondary N) is 1. The molecule has 1 heterocycles. The van der Waals surface area contributed by atoms with Gasteiger partial charge in [0.1, 0.15) is 16.7 Å². The zero-order chi connectivity index (χ0) is 26.2. The standard InChI is InChI=1S/C26H31N5O4S/c1-16(2)13-14-29-25(33)22(18-9-11-19(35-3)12-10-18)31(15-17-7-5-4-6-8-17)26(34)23-20(27)21(24(28)32)30-36-23/h4-12,16,22H,13-15,27H2,1-3H3,(H2,28,32)(H,29,33)/t22-/m0/s1. The maximum Gasteiger partial charge on any atom is 0.270 e. The van der Waals surface area contributed by atoms with Crippen LogP contribution < -0.4 is 21.5 Å². The van der Waals surface area contributed by atoms with Crippen molar-refractivity contribution in [1.29, 1.82) is 0 Å². The maximum absolute atomic E-state index is 13.9. The largest absolute Gasteiger partial charge is 0.497 e. The number of nitrogens with two attached hydrogens (primary N) is 2. The van der Waals surface area contributed by atoms with Crippen molar-refractivity contribution >= 4 is 34.9 Å². The summed E-state index contributed by atoms with van der Waals surface area (Å²) < 4.78 is 9.24. The van der Waals surface area contributed by atoms with Gasteiger partial charge in [0, 0.05) is 13.1 Å². The second kappa shape index (κ2) is 12.2. The van der Waals surface area contributed by atoms with E-state index in [4.69, 9.17) is 16.2 Å². The molecule has 1 aromatic heterocycles. The fourth-order valence-corrected chi connectivity index (χ4v) is 4.42. The summed E-state index contributed by atoms with van der Waals surface area (Å²) in [5, 5.41) is 2.97. The second-order valence-electron chi connectivity index (χ2n) is 8.71. The molecule has 0 saturated heterocycles. The Morgan fingerprint density at radius 1 is 1.08 bits per heavy atom. The van der Waals surface area contributed by atoms with Crippen molar-refractivity contribution in [3.05, 3.63) is 76.3 Å². The lowest BCUT2D eigenvalue weighted by Crippen LogP contribution is -2.43. The molecule has 0 radical (unpaired) electrons. The fraction of sp³-hybridized carbons (Fsp3) is 0.308. The predicted octanol–water partition coefficient (Wildman–Crippen LogP) is 3.38. The fourth-order valence-electron chi connectivity index (χ4n) is 3.66. The van der Waals surface area contributed by atoms with Crippen LogP contribution in [0.4, 0.5) is 5.69 Å². The minimum atomic E-state index is -0.977. The quantitative estimate of drug-likeness (QED) is 0.362. The number of ether oxygens (including phenoxy) is 1. The average molecular weight is 510 g/mol. The highest BCUT2D eigenvalue weighted by molar-refractivity contribution is 7.09. The van der Waals surface area contributed by atoms with Gasteiger partial charge in [0.2, 0.25) is 5.91 Å². The number of amides is 3. The molecule has 0 saturated carbocycles. The van der Waals surface area contributed by atoms with Gasteiger partial charge >= 0.3 is 0 Å². The lowest BCUT2D eigenvalue weighted by Gasteiger charge is -2.31. The van der Waals surface area contributed by atoms with E-state index in [-0.39, 0.29) is 28.7 Å². The Bertz CT molecular complexity index is 1190. The highest BCUT2D eigenvalue weighted by Crippen LogP contribution is 2.31. The molecule has 2 aromatic carbocycles. The number of hydrogen-bond donors (Lipinski definition) is 3. The third-order valence-electron chi connectivity index (χ3n) is 5.62. The Labute approximate surface area is 214 Å². The number of primary amides is 1. The van der Waals surface area contributed by atoms with Crippen LogP contribution in [-0.2, 0) is 11.3 Å². The van der Waals surface area contributed by atoms with Crippen LogP contribution in [0.5, 0.6) is 5.75 Å². The van der Waals surface area contributed by atoms with E-state index in [9.17, 15) is 14.4 Å². The van der Waals surface area contributed by atoms with Crippen molar-refractivity contribution in [2.24, 2.45) is 11.7 Å². The Morgan fingerprint density at radius 3 is 2.31 bits per heavy atom. The highest BCUT2D eigenvalue weighted by atomic mass is 32.1. The van der Waals surface area contributed by atoms with Crippen LogP contribution in [0, 0.1) is 5.92 Å². The number of carbonyl (C=O) groups is 3. The van der Waals surface area contributed by atoms with E-state index in [0.717, 1.165) is 23.5 Å². The number of carbonyl (C=O) groups excluding carboxylic acids is 3. The van der Waals surface area contributed by atoms with Gasteiger partial charge in [0.25, 0.3) is 11.8 Å². The van der Waals surface area contributed by atoms with Crippen LogP contribution in [0.1, 0.15) is 57.6 Å². The summed E-state index contributed by atoms with van der Waals surface area (Å²) >= 11 is 0.785. The Kier molecular flexibility index (Phi) is 9.02. The number of rotatable bonds is 11. The number of methoxy groups -OCH3 is 1. The van der Waals surface area contributed by atoms with E-state index in [0.29, 0.717) is 23.8 Å². The molecule has 5 N–H and O–H groups in total. The van der Waals surface area contributed by atoms with Gasteiger partial charge < -0.3 is 26.4 Å². The molecule has 9 nitrogen and oxygen atoms in total. The summed E-state index contributed by atoms with van der Waals surface area (Å²) in [6, 6.07) is 15.3. The molecule has 0 spiro atoms. The van der Waals surface area contributed by atoms with Crippen LogP contribution in [0.25, 0.3) is 0 Å². The van der Waals surface area contributed by atoms with Gasteiger partial charge in [-0.1, -0.05) is 56.3 Å². The molecule has 36 heavy (non-hydrogen) atoms. The summed E-state index contributed by atoms with van der Waals surface area (Å²) in [6.07, 6.45) is 0.789. The number of nitrogens with zero attached hydrogens (tertiary/aromatic N) is 2. The van der Waals surface area contributed by atoms with E-state index < -0.39 is 17.9 Å². The minimum Gasteiger partial charge on any atom is -0.497 e. The van der Waals surface area contributed by atoms with E-state index in [2.05, 4.69) is 23.5 Å². The van der Waals surface area contributed by atoms with E-state index in [1.165, 1.54) is 4.90 Å². The van der Waals surface area contributed by atoms with Gasteiger partial charge in [0.15, 0.2) is 5.69 Å². The van der Waals surface area contributed by atoms with E-state index in [1.54, 1.807) is 31.4 Å². The molecule has 0 fully saturated rings. The SMILES string of the molecule is COc1ccc([C@@H](C(=O)NCCC(C)C)N(Cc2ccccc2)C(=O)c2snc(C(N)=O)c2N)cc1. The van der Waals surface area contributed by atoms with Gasteiger partial charge in [-0.2, -0.15) is 4.37 Å². The number of hydrogen-bond acceptors (Lipinski definition) is 7. The molecule has 3 aromatic rings. The van der Waals surface area contributed by atoms with Crippen molar-refractivity contribution in [2.45, 2.75) is 32.9 Å². The van der Waals surface area contributed by atoms with Crippen molar-refractivity contribution < 1.29 is 19.1 Å². The molecule has 0 aliphatic carbocycles. The third kappa shape index (κ3) is 6.39. The summed E-state index contributed by atoms with van der Waals surface area (Å²) in [7, 11) is 1.55. The Morgan fingerprint density at radius 2 is 1.75 bits per heavy atom. The first-order chi connectivity index (χ1) is 17.2. The molecular weight excluding hydrogens is 478 g/mol. The van der Waals surface area contributed by atoms with Gasteiger partial charge in [-0.15, -0.1) is 0 Å². The summed E-state index contributed by atoms with van der Waals surface area (Å²) in [4.78, 5) is 40.7. The number of aromatic nitrogens is 1. The number of benzene rings is 2. The summed E-state index contributed by atoms with van der Waals surface area (Å²) in [5.41, 5.74) is 12.6. The zero-order valence-electron chi connectivity index (χ0n) is 20.6. The van der Waals surface area contributed by atoms with E-state index >= 15 is 0 Å². The lowest BCUT2D eigenvalue weighted by molar-refractivity contribution is -0.126. The zero-order valence-corrected chi connectivity index (χ0v) is 21.4. The smallest absolute Gasteiger partial charge is 0.270 e. The molecule has 190 valence electrons. The van der Waals surface area contributed by atoms with Gasteiger partial charge in [-0.05, 0) is 47.1 Å². The van der Waals surface area contributed by atoms with Gasteiger partial charge in [0.05, 0.1) is 12.8 Å². The number of anilines is 1. The topological polar surface area (TPSA) is 141 Å². The lowest BCUT2D eigenvalue weighted by atomic mass is 10.0. The predicted molar refractivity (Wildman–Crippen MR) is 140 cm³/mol. The van der Waals surface area contributed by atoms with Crippen LogP contribution in [0.2, 0.25) is 0 Å². The molecule has 0 aliphatic rings. The minimum absolute atomic E-state index is 0.0493. The van der Waals surface area contributed by atoms with Crippen LogP contribution in [0.15, 0.2) is 54.6 Å². The molecule has 1 atom stereocenters. The van der Waals surface area contributed by atoms with E-state index in [1.807, 2.05) is 30.3 Å². The van der Waals surface area contributed by atoms with Crippen molar-refractivity contribution in [1.82, 2.24) is 14.6 Å². The highest BCUT2D eigenvalue weighted by Gasteiger charge is 2.35. The first-order valence-corrected chi connectivity index (χ1v) is 12.3. The second-order valence-corrected chi connectivity index (χ2v) is 9.48. The molecule has 0 unspecified atom stereocenters. The molecule has 0 bridgehead atoms.